The van der Waals surface area contributed by atoms with E-state index in [9.17, 15) is 0 Å². The Morgan fingerprint density at radius 3 is 2.81 bits per heavy atom. The molecule has 0 spiro atoms. The van der Waals surface area contributed by atoms with E-state index in [4.69, 9.17) is 9.47 Å². The van der Waals surface area contributed by atoms with Crippen LogP contribution in [0.2, 0.25) is 0 Å². The average molecular weight is 287 g/mol. The molecule has 2 nitrogen and oxygen atoms in total. The van der Waals surface area contributed by atoms with Crippen molar-refractivity contribution >= 4 is 15.9 Å². The molecule has 0 radical (unpaired) electrons. The third-order valence-corrected chi connectivity index (χ3v) is 2.89. The Morgan fingerprint density at radius 2 is 2.06 bits per heavy atom. The molecule has 0 unspecified atom stereocenters. The zero-order valence-electron chi connectivity index (χ0n) is 9.75. The van der Waals surface area contributed by atoms with Crippen molar-refractivity contribution in [1.82, 2.24) is 0 Å². The SMILES string of the molecule is COc1cccc(COCCCCCBr)c1. The maximum Gasteiger partial charge on any atom is 0.119 e. The Bertz CT molecular complexity index is 289. The topological polar surface area (TPSA) is 18.5 Å². The van der Waals surface area contributed by atoms with Gasteiger partial charge >= 0.3 is 0 Å². The first-order chi connectivity index (χ1) is 7.86. The summed E-state index contributed by atoms with van der Waals surface area (Å²) in [6.07, 6.45) is 3.58. The fourth-order valence-electron chi connectivity index (χ4n) is 1.43. The number of rotatable bonds is 8. The molecule has 1 aromatic carbocycles. The van der Waals surface area contributed by atoms with E-state index in [-0.39, 0.29) is 0 Å². The lowest BCUT2D eigenvalue weighted by Gasteiger charge is -2.05. The van der Waals surface area contributed by atoms with Crippen LogP contribution >= 0.6 is 15.9 Å². The van der Waals surface area contributed by atoms with Crippen molar-refractivity contribution in [1.29, 1.82) is 0 Å². The van der Waals surface area contributed by atoms with Gasteiger partial charge < -0.3 is 9.47 Å². The summed E-state index contributed by atoms with van der Waals surface area (Å²) in [6, 6.07) is 8.00. The summed E-state index contributed by atoms with van der Waals surface area (Å²) >= 11 is 3.42. The molecule has 0 N–H and O–H groups in total. The average Bonchev–Trinajstić information content (AvgIpc) is 2.34. The van der Waals surface area contributed by atoms with Crippen molar-refractivity contribution in [3.05, 3.63) is 29.8 Å². The van der Waals surface area contributed by atoms with Crippen LogP contribution in [0.25, 0.3) is 0 Å². The van der Waals surface area contributed by atoms with Crippen LogP contribution < -0.4 is 4.74 Å². The molecule has 0 atom stereocenters. The molecule has 1 rings (SSSR count). The molecule has 0 saturated heterocycles. The zero-order chi connectivity index (χ0) is 11.6. The highest BCUT2D eigenvalue weighted by Gasteiger charge is 1.96. The van der Waals surface area contributed by atoms with Crippen molar-refractivity contribution in [2.75, 3.05) is 19.0 Å². The molecule has 0 aliphatic heterocycles. The second-order valence-electron chi connectivity index (χ2n) is 3.65. The first kappa shape index (κ1) is 13.5. The molecule has 0 bridgehead atoms. The van der Waals surface area contributed by atoms with Crippen LogP contribution in [0, 0.1) is 0 Å². The number of alkyl halides is 1. The summed E-state index contributed by atoms with van der Waals surface area (Å²) in [7, 11) is 1.68. The highest BCUT2D eigenvalue weighted by molar-refractivity contribution is 9.09. The monoisotopic (exact) mass is 286 g/mol. The molecule has 1 aromatic rings. The van der Waals surface area contributed by atoms with Crippen LogP contribution in [0.15, 0.2) is 24.3 Å². The predicted molar refractivity (Wildman–Crippen MR) is 70.3 cm³/mol. The van der Waals surface area contributed by atoms with Crippen LogP contribution in [0.5, 0.6) is 5.75 Å². The molecule has 0 fully saturated rings. The lowest BCUT2D eigenvalue weighted by Crippen LogP contribution is -1.96. The van der Waals surface area contributed by atoms with Crippen molar-refractivity contribution < 1.29 is 9.47 Å². The van der Waals surface area contributed by atoms with Gasteiger partial charge in [-0.05, 0) is 30.5 Å². The highest BCUT2D eigenvalue weighted by atomic mass is 79.9. The molecule has 0 amide bonds. The molecule has 0 aliphatic carbocycles. The number of unbranched alkanes of at least 4 members (excludes halogenated alkanes) is 2. The first-order valence-electron chi connectivity index (χ1n) is 5.63. The van der Waals surface area contributed by atoms with Crippen molar-refractivity contribution in [3.63, 3.8) is 0 Å². The van der Waals surface area contributed by atoms with E-state index in [0.29, 0.717) is 6.61 Å². The number of hydrogen-bond acceptors (Lipinski definition) is 2. The van der Waals surface area contributed by atoms with Gasteiger partial charge in [0.2, 0.25) is 0 Å². The summed E-state index contributed by atoms with van der Waals surface area (Å²) in [4.78, 5) is 0. The van der Waals surface area contributed by atoms with E-state index >= 15 is 0 Å². The van der Waals surface area contributed by atoms with Gasteiger partial charge in [-0.3, -0.25) is 0 Å². The maximum atomic E-state index is 5.59. The van der Waals surface area contributed by atoms with Gasteiger partial charge in [-0.25, -0.2) is 0 Å². The fourth-order valence-corrected chi connectivity index (χ4v) is 1.82. The van der Waals surface area contributed by atoms with Crippen molar-refractivity contribution in [3.8, 4) is 5.75 Å². The third-order valence-electron chi connectivity index (χ3n) is 2.33. The Balaban J connectivity index is 2.16. The van der Waals surface area contributed by atoms with Crippen LogP contribution in [-0.4, -0.2) is 19.0 Å². The molecule has 0 aromatic heterocycles. The Labute approximate surface area is 106 Å². The van der Waals surface area contributed by atoms with E-state index < -0.39 is 0 Å². The minimum atomic E-state index is 0.672. The normalized spacial score (nSPS) is 10.4. The Kier molecular flexibility index (Phi) is 7.26. The minimum absolute atomic E-state index is 0.672. The molecule has 0 heterocycles. The smallest absolute Gasteiger partial charge is 0.119 e. The summed E-state index contributed by atoms with van der Waals surface area (Å²) in [5.74, 6) is 0.889. The third kappa shape index (κ3) is 5.52. The van der Waals surface area contributed by atoms with Crippen LogP contribution in [0.1, 0.15) is 24.8 Å². The van der Waals surface area contributed by atoms with Gasteiger partial charge in [0.05, 0.1) is 13.7 Å². The van der Waals surface area contributed by atoms with Gasteiger partial charge in [0.25, 0.3) is 0 Å². The zero-order valence-corrected chi connectivity index (χ0v) is 11.3. The minimum Gasteiger partial charge on any atom is -0.497 e. The summed E-state index contributed by atoms with van der Waals surface area (Å²) in [5, 5.41) is 1.09. The Hall–Kier alpha value is -0.540. The highest BCUT2D eigenvalue weighted by Crippen LogP contribution is 2.13. The molecule has 0 saturated carbocycles. The molecule has 16 heavy (non-hydrogen) atoms. The summed E-state index contributed by atoms with van der Waals surface area (Å²) in [6.45, 7) is 1.51. The van der Waals surface area contributed by atoms with Gasteiger partial charge in [0, 0.05) is 11.9 Å². The van der Waals surface area contributed by atoms with E-state index in [0.717, 1.165) is 24.1 Å². The van der Waals surface area contributed by atoms with Crippen LogP contribution in [-0.2, 0) is 11.3 Å². The van der Waals surface area contributed by atoms with Gasteiger partial charge in [-0.2, -0.15) is 0 Å². The first-order valence-corrected chi connectivity index (χ1v) is 6.75. The molecular weight excluding hydrogens is 268 g/mol. The fraction of sp³-hybridized carbons (Fsp3) is 0.538. The summed E-state index contributed by atoms with van der Waals surface area (Å²) in [5.41, 5.74) is 1.17. The molecule has 0 aliphatic rings. The van der Waals surface area contributed by atoms with Crippen molar-refractivity contribution in [2.45, 2.75) is 25.9 Å². The van der Waals surface area contributed by atoms with Crippen molar-refractivity contribution in [2.24, 2.45) is 0 Å². The quantitative estimate of drug-likeness (QED) is 0.535. The molecular formula is C13H19BrO2. The molecule has 3 heteroatoms. The van der Waals surface area contributed by atoms with Gasteiger partial charge in [-0.1, -0.05) is 34.5 Å². The van der Waals surface area contributed by atoms with Crippen LogP contribution in [0.4, 0.5) is 0 Å². The lowest BCUT2D eigenvalue weighted by molar-refractivity contribution is 0.117. The lowest BCUT2D eigenvalue weighted by atomic mass is 10.2. The van der Waals surface area contributed by atoms with E-state index in [2.05, 4.69) is 22.0 Å². The predicted octanol–water partition coefficient (Wildman–Crippen LogP) is 3.78. The van der Waals surface area contributed by atoms with E-state index in [1.807, 2.05) is 18.2 Å². The summed E-state index contributed by atoms with van der Waals surface area (Å²) < 4.78 is 10.7. The molecule has 90 valence electrons. The number of ether oxygens (including phenoxy) is 2. The second kappa shape index (κ2) is 8.59. The van der Waals surface area contributed by atoms with Crippen LogP contribution in [0.3, 0.4) is 0 Å². The Morgan fingerprint density at radius 1 is 1.19 bits per heavy atom. The second-order valence-corrected chi connectivity index (χ2v) is 4.45. The number of benzene rings is 1. The number of halogens is 1. The van der Waals surface area contributed by atoms with Gasteiger partial charge in [0.15, 0.2) is 0 Å². The number of methoxy groups -OCH3 is 1. The van der Waals surface area contributed by atoms with Gasteiger partial charge in [-0.15, -0.1) is 0 Å². The van der Waals surface area contributed by atoms with Gasteiger partial charge in [0.1, 0.15) is 5.75 Å². The maximum absolute atomic E-state index is 5.59. The standard InChI is InChI=1S/C13H19BrO2/c1-15-13-7-5-6-12(10-13)11-16-9-4-2-3-8-14/h5-7,10H,2-4,8-9,11H2,1H3. The number of hydrogen-bond donors (Lipinski definition) is 0. The van der Waals surface area contributed by atoms with E-state index in [1.165, 1.54) is 18.4 Å². The largest absolute Gasteiger partial charge is 0.497 e. The van der Waals surface area contributed by atoms with E-state index in [1.54, 1.807) is 7.11 Å².